The third-order valence-electron chi connectivity index (χ3n) is 7.01. The van der Waals surface area contributed by atoms with Crippen molar-refractivity contribution in [2.45, 2.75) is 25.9 Å². The summed E-state index contributed by atoms with van der Waals surface area (Å²) in [4.78, 5) is 2.13. The molecule has 0 saturated heterocycles. The van der Waals surface area contributed by atoms with E-state index in [1.54, 1.807) is 0 Å². The predicted molar refractivity (Wildman–Crippen MR) is 162 cm³/mol. The molecule has 6 rings (SSSR count). The molecule has 2 aliphatic heterocycles. The average Bonchev–Trinajstić information content (AvgIpc) is 2.92. The standard InChI is InChI=1S/C30H29N3.2F6P/c1-31(2)26-12-8-22(9-13-26)6-7-23-14-18-33-20-16-25-11-10-24-15-19-32-17-4-3-5-27(32)29(24)30(25)28(33)21-23;2*1-7(2,3,4,5)6/h3-14,17-18,21H,15-16,19-20H2,1-2H3;;/q+2;2*-1. The second kappa shape index (κ2) is 10.9. The summed E-state index contributed by atoms with van der Waals surface area (Å²) in [6.07, 6.45) is 11.1. The van der Waals surface area contributed by atoms with Gasteiger partial charge in [0.15, 0.2) is 25.5 Å². The molecular weight excluding hydrogens is 692 g/mol. The van der Waals surface area contributed by atoms with Gasteiger partial charge in [0, 0.05) is 56.9 Å². The van der Waals surface area contributed by atoms with Crippen molar-refractivity contribution in [1.82, 2.24) is 0 Å². The predicted octanol–water partition coefficient (Wildman–Crippen LogP) is 11.7. The monoisotopic (exact) mass is 721 g/mol. The maximum atomic E-state index is 9.87. The van der Waals surface area contributed by atoms with Gasteiger partial charge in [0.25, 0.3) is 0 Å². The minimum absolute atomic E-state index is 1.03. The number of fused-ring (bicyclic) bond motifs is 7. The Labute approximate surface area is 261 Å². The summed E-state index contributed by atoms with van der Waals surface area (Å²) in [7, 11) is -17.2. The van der Waals surface area contributed by atoms with Gasteiger partial charge in [0.1, 0.15) is 0 Å². The van der Waals surface area contributed by atoms with Gasteiger partial charge >= 0.3 is 66.0 Å². The molecule has 0 atom stereocenters. The number of aryl methyl sites for hydroxylation is 4. The van der Waals surface area contributed by atoms with E-state index >= 15 is 0 Å². The van der Waals surface area contributed by atoms with Crippen LogP contribution < -0.4 is 14.0 Å². The van der Waals surface area contributed by atoms with Crippen molar-refractivity contribution in [2.24, 2.45) is 0 Å². The maximum absolute atomic E-state index is 10.7. The molecule has 2 aromatic heterocycles. The van der Waals surface area contributed by atoms with Crippen molar-refractivity contribution >= 4 is 33.5 Å². The van der Waals surface area contributed by atoms with Gasteiger partial charge in [-0.05, 0) is 40.5 Å². The molecule has 3 nitrogen and oxygen atoms in total. The third kappa shape index (κ3) is 12.4. The Hall–Kier alpha value is -3.70. The molecule has 4 aromatic rings. The normalized spacial score (nSPS) is 16.6. The van der Waals surface area contributed by atoms with Crippen molar-refractivity contribution in [3.63, 3.8) is 0 Å². The van der Waals surface area contributed by atoms with E-state index in [1.165, 1.54) is 50.5 Å². The number of benzene rings is 2. The van der Waals surface area contributed by atoms with Crippen LogP contribution in [0.1, 0.15) is 22.3 Å². The van der Waals surface area contributed by atoms with Crippen LogP contribution in [0.2, 0.25) is 0 Å². The molecule has 258 valence electrons. The van der Waals surface area contributed by atoms with Gasteiger partial charge in [-0.3, -0.25) is 0 Å². The molecule has 0 aliphatic carbocycles. The van der Waals surface area contributed by atoms with Crippen LogP contribution >= 0.6 is 15.6 Å². The summed E-state index contributed by atoms with van der Waals surface area (Å²) in [5.74, 6) is 0. The topological polar surface area (TPSA) is 11.0 Å². The number of nitrogens with zero attached hydrogens (tertiary/aromatic N) is 3. The molecule has 0 fully saturated rings. The molecule has 0 spiro atoms. The number of hydrogen-bond acceptors (Lipinski definition) is 1. The van der Waals surface area contributed by atoms with E-state index in [0.717, 1.165) is 25.9 Å². The zero-order valence-corrected chi connectivity index (χ0v) is 26.5. The molecule has 0 amide bonds. The van der Waals surface area contributed by atoms with Crippen LogP contribution in [0.25, 0.3) is 34.7 Å². The van der Waals surface area contributed by atoms with E-state index in [2.05, 4.69) is 119 Å². The Balaban J connectivity index is 0.000000301. The minimum atomic E-state index is -10.7. The first kappa shape index (κ1) is 36.1. The number of aromatic nitrogens is 2. The first-order chi connectivity index (χ1) is 21.1. The van der Waals surface area contributed by atoms with Crippen LogP contribution in [0, 0.1) is 0 Å². The summed E-state index contributed by atoms with van der Waals surface area (Å²) >= 11 is 0. The molecule has 0 unspecified atom stereocenters. The van der Waals surface area contributed by atoms with E-state index in [-0.39, 0.29) is 0 Å². The Kier molecular flexibility index (Phi) is 8.39. The third-order valence-corrected chi connectivity index (χ3v) is 7.01. The zero-order chi connectivity index (χ0) is 35.2. The molecular formula is C30H29F12N3P2. The second-order valence-corrected chi connectivity index (χ2v) is 15.0. The van der Waals surface area contributed by atoms with Gasteiger partial charge in [0.2, 0.25) is 11.4 Å². The van der Waals surface area contributed by atoms with Crippen molar-refractivity contribution in [3.8, 4) is 22.5 Å². The molecule has 2 aliphatic rings. The van der Waals surface area contributed by atoms with Gasteiger partial charge in [-0.15, -0.1) is 0 Å². The zero-order valence-electron chi connectivity index (χ0n) is 24.8. The van der Waals surface area contributed by atoms with Gasteiger partial charge in [-0.25, -0.2) is 0 Å². The molecule has 4 heterocycles. The van der Waals surface area contributed by atoms with Crippen LogP contribution in [0.5, 0.6) is 0 Å². The Morgan fingerprint density at radius 1 is 0.553 bits per heavy atom. The quantitative estimate of drug-likeness (QED) is 0.116. The second-order valence-electron chi connectivity index (χ2n) is 11.2. The molecule has 0 N–H and O–H groups in total. The number of hydrogen-bond donors (Lipinski definition) is 0. The van der Waals surface area contributed by atoms with E-state index in [4.69, 9.17) is 0 Å². The summed E-state index contributed by atoms with van der Waals surface area (Å²) in [6.45, 7) is 2.09. The average molecular weight is 722 g/mol. The van der Waals surface area contributed by atoms with Crippen molar-refractivity contribution in [1.29, 1.82) is 0 Å². The van der Waals surface area contributed by atoms with E-state index < -0.39 is 15.6 Å². The first-order valence-corrected chi connectivity index (χ1v) is 17.9. The van der Waals surface area contributed by atoms with Gasteiger partial charge in [-0.1, -0.05) is 36.4 Å². The Morgan fingerprint density at radius 3 is 1.53 bits per heavy atom. The molecule has 0 saturated carbocycles. The van der Waals surface area contributed by atoms with Gasteiger partial charge in [0.05, 0.1) is 11.1 Å². The molecule has 0 radical (unpaired) electrons. The number of halogens is 12. The van der Waals surface area contributed by atoms with Crippen molar-refractivity contribution in [2.75, 3.05) is 19.0 Å². The summed E-state index contributed by atoms with van der Waals surface area (Å²) in [5, 5.41) is 0. The van der Waals surface area contributed by atoms with E-state index in [0.29, 0.717) is 0 Å². The summed E-state index contributed by atoms with van der Waals surface area (Å²) < 4.78 is 123. The van der Waals surface area contributed by atoms with Crippen LogP contribution in [0.3, 0.4) is 0 Å². The van der Waals surface area contributed by atoms with Crippen LogP contribution in [0.4, 0.5) is 56.1 Å². The fraction of sp³-hybridized carbons (Fsp3) is 0.200. The van der Waals surface area contributed by atoms with Crippen LogP contribution in [-0.2, 0) is 25.9 Å². The SMILES string of the molecule is CN(C)c1ccc(/C=C/c2cc[n+]3c(c2)-c2c(ccc4c2-c2cccc[n+]2CC4)CC3)cc1.F[P-](F)(F)(F)(F)F.F[P-](F)(F)(F)(F)F. The van der Waals surface area contributed by atoms with Gasteiger partial charge in [-0.2, -0.15) is 9.13 Å². The molecule has 47 heavy (non-hydrogen) atoms. The number of anilines is 1. The Bertz CT molecular complexity index is 1790. The first-order valence-electron chi connectivity index (χ1n) is 13.8. The fourth-order valence-corrected chi connectivity index (χ4v) is 5.21. The molecule has 0 bridgehead atoms. The molecule has 2 aromatic carbocycles. The van der Waals surface area contributed by atoms with Crippen LogP contribution in [-0.4, -0.2) is 14.1 Å². The number of pyridine rings is 2. The summed E-state index contributed by atoms with van der Waals surface area (Å²) in [5.41, 5.74) is 12.1. The number of rotatable bonds is 3. The summed E-state index contributed by atoms with van der Waals surface area (Å²) in [6, 6.07) is 24.6. The Morgan fingerprint density at radius 2 is 1.02 bits per heavy atom. The van der Waals surface area contributed by atoms with E-state index in [9.17, 15) is 50.4 Å². The van der Waals surface area contributed by atoms with Crippen LogP contribution in [0.15, 0.2) is 79.1 Å². The van der Waals surface area contributed by atoms with E-state index in [1.807, 2.05) is 0 Å². The van der Waals surface area contributed by atoms with Gasteiger partial charge < -0.3 is 4.90 Å². The van der Waals surface area contributed by atoms with Crippen molar-refractivity contribution in [3.05, 3.63) is 101 Å². The fourth-order valence-electron chi connectivity index (χ4n) is 5.21. The molecule has 17 heteroatoms. The van der Waals surface area contributed by atoms with Crippen molar-refractivity contribution < 1.29 is 59.5 Å².